The summed E-state index contributed by atoms with van der Waals surface area (Å²) in [6, 6.07) is 9.39. The number of fused-ring (bicyclic) bond motifs is 1. The SMILES string of the molecule is CNC(=O)c1ccc2[nH]c(-c3ccc(S(N)(=O)=O)cc3OC)nc2c1. The predicted molar refractivity (Wildman–Crippen MR) is 92.8 cm³/mol. The number of aromatic nitrogens is 2. The van der Waals surface area contributed by atoms with E-state index in [1.165, 1.54) is 19.2 Å². The van der Waals surface area contributed by atoms with Gasteiger partial charge in [-0.2, -0.15) is 0 Å². The normalized spacial score (nSPS) is 11.5. The van der Waals surface area contributed by atoms with Gasteiger partial charge >= 0.3 is 0 Å². The van der Waals surface area contributed by atoms with Crippen molar-refractivity contribution in [3.63, 3.8) is 0 Å². The molecule has 0 bridgehead atoms. The third-order valence-corrected chi connectivity index (χ3v) is 4.64. The summed E-state index contributed by atoms with van der Waals surface area (Å²) in [4.78, 5) is 19.3. The van der Waals surface area contributed by atoms with E-state index in [4.69, 9.17) is 9.88 Å². The van der Waals surface area contributed by atoms with Crippen LogP contribution in [0.25, 0.3) is 22.4 Å². The van der Waals surface area contributed by atoms with Crippen LogP contribution >= 0.6 is 0 Å². The lowest BCUT2D eigenvalue weighted by molar-refractivity contribution is 0.0963. The predicted octanol–water partition coefficient (Wildman–Crippen LogP) is 1.25. The van der Waals surface area contributed by atoms with E-state index in [-0.39, 0.29) is 10.8 Å². The first-order chi connectivity index (χ1) is 11.8. The van der Waals surface area contributed by atoms with Crippen molar-refractivity contribution >= 4 is 27.0 Å². The van der Waals surface area contributed by atoms with Gasteiger partial charge in [0.15, 0.2) is 0 Å². The van der Waals surface area contributed by atoms with Gasteiger partial charge in [0.25, 0.3) is 5.91 Å². The van der Waals surface area contributed by atoms with Crippen LogP contribution in [0.4, 0.5) is 0 Å². The second-order valence-corrected chi connectivity index (χ2v) is 6.86. The molecule has 0 atom stereocenters. The maximum Gasteiger partial charge on any atom is 0.251 e. The van der Waals surface area contributed by atoms with Crippen molar-refractivity contribution in [2.24, 2.45) is 5.14 Å². The molecule has 4 N–H and O–H groups in total. The highest BCUT2D eigenvalue weighted by molar-refractivity contribution is 7.89. The van der Waals surface area contributed by atoms with Crippen LogP contribution in [0.2, 0.25) is 0 Å². The summed E-state index contributed by atoms with van der Waals surface area (Å²) in [5.74, 6) is 0.598. The molecule has 0 aliphatic carbocycles. The molecule has 1 amide bonds. The number of imidazole rings is 1. The third-order valence-electron chi connectivity index (χ3n) is 3.73. The second kappa shape index (κ2) is 6.19. The number of benzene rings is 2. The average molecular weight is 360 g/mol. The number of ether oxygens (including phenoxy) is 1. The maximum atomic E-state index is 11.7. The van der Waals surface area contributed by atoms with Gasteiger partial charge in [-0.1, -0.05) is 0 Å². The number of hydrogen-bond acceptors (Lipinski definition) is 5. The standard InChI is InChI=1S/C16H16N4O4S/c1-18-16(21)9-3-6-12-13(7-9)20-15(19-12)11-5-4-10(25(17,22)23)8-14(11)24-2/h3-8H,1-2H3,(H,18,21)(H,19,20)(H2,17,22,23). The number of amides is 1. The van der Waals surface area contributed by atoms with Gasteiger partial charge < -0.3 is 15.0 Å². The van der Waals surface area contributed by atoms with E-state index in [9.17, 15) is 13.2 Å². The molecule has 1 heterocycles. The highest BCUT2D eigenvalue weighted by Crippen LogP contribution is 2.31. The molecule has 1 aromatic heterocycles. The molecule has 3 aromatic rings. The number of primary sulfonamides is 1. The number of carbonyl (C=O) groups excluding carboxylic acids is 1. The van der Waals surface area contributed by atoms with Crippen LogP contribution < -0.4 is 15.2 Å². The number of nitrogens with one attached hydrogen (secondary N) is 2. The number of rotatable bonds is 4. The summed E-state index contributed by atoms with van der Waals surface area (Å²) in [5, 5.41) is 7.70. The van der Waals surface area contributed by atoms with E-state index in [2.05, 4.69) is 15.3 Å². The molecule has 0 unspecified atom stereocenters. The van der Waals surface area contributed by atoms with Crippen molar-refractivity contribution in [1.82, 2.24) is 15.3 Å². The van der Waals surface area contributed by atoms with Crippen LogP contribution in [0, 0.1) is 0 Å². The van der Waals surface area contributed by atoms with Gasteiger partial charge in [0, 0.05) is 18.7 Å². The van der Waals surface area contributed by atoms with Crippen LogP contribution in [-0.2, 0) is 10.0 Å². The third kappa shape index (κ3) is 3.19. The Kier molecular flexibility index (Phi) is 4.19. The minimum absolute atomic E-state index is 0.0499. The van der Waals surface area contributed by atoms with Crippen LogP contribution in [0.5, 0.6) is 5.75 Å². The Balaban J connectivity index is 2.11. The quantitative estimate of drug-likeness (QED) is 0.645. The molecular weight excluding hydrogens is 344 g/mol. The summed E-state index contributed by atoms with van der Waals surface area (Å²) in [6.45, 7) is 0. The number of sulfonamides is 1. The summed E-state index contributed by atoms with van der Waals surface area (Å²) in [6.07, 6.45) is 0. The maximum absolute atomic E-state index is 11.7. The Labute approximate surface area is 144 Å². The van der Waals surface area contributed by atoms with E-state index in [1.807, 2.05) is 0 Å². The number of carbonyl (C=O) groups is 1. The van der Waals surface area contributed by atoms with E-state index in [0.29, 0.717) is 28.2 Å². The minimum Gasteiger partial charge on any atom is -0.496 e. The highest BCUT2D eigenvalue weighted by atomic mass is 32.2. The largest absolute Gasteiger partial charge is 0.496 e. The number of aromatic amines is 1. The number of nitrogens with zero attached hydrogens (tertiary/aromatic N) is 1. The first-order valence-corrected chi connectivity index (χ1v) is 8.81. The van der Waals surface area contributed by atoms with Gasteiger partial charge in [-0.15, -0.1) is 0 Å². The van der Waals surface area contributed by atoms with Crippen molar-refractivity contribution in [2.75, 3.05) is 14.2 Å². The fraction of sp³-hybridized carbons (Fsp3) is 0.125. The van der Waals surface area contributed by atoms with Gasteiger partial charge in [0.1, 0.15) is 11.6 Å². The zero-order chi connectivity index (χ0) is 18.2. The highest BCUT2D eigenvalue weighted by Gasteiger charge is 2.16. The molecule has 0 spiro atoms. The Morgan fingerprint density at radius 2 is 2.00 bits per heavy atom. The smallest absolute Gasteiger partial charge is 0.251 e. The van der Waals surface area contributed by atoms with Crippen LogP contribution in [0.1, 0.15) is 10.4 Å². The first kappa shape index (κ1) is 16.9. The lowest BCUT2D eigenvalue weighted by atomic mass is 10.2. The number of nitrogens with two attached hydrogens (primary N) is 1. The fourth-order valence-corrected chi connectivity index (χ4v) is 2.99. The summed E-state index contributed by atoms with van der Waals surface area (Å²) in [7, 11) is -0.847. The molecule has 0 aliphatic rings. The molecule has 8 nitrogen and oxygen atoms in total. The molecule has 3 rings (SSSR count). The lowest BCUT2D eigenvalue weighted by Crippen LogP contribution is -2.17. The topological polar surface area (TPSA) is 127 Å². The second-order valence-electron chi connectivity index (χ2n) is 5.30. The molecular formula is C16H16N4O4S. The van der Waals surface area contributed by atoms with Gasteiger partial charge in [-0.3, -0.25) is 4.79 Å². The summed E-state index contributed by atoms with van der Waals surface area (Å²) in [5.41, 5.74) is 2.41. The van der Waals surface area contributed by atoms with Crippen LogP contribution in [-0.4, -0.2) is 38.5 Å². The molecule has 130 valence electrons. The van der Waals surface area contributed by atoms with E-state index < -0.39 is 10.0 Å². The Morgan fingerprint density at radius 3 is 2.64 bits per heavy atom. The lowest BCUT2D eigenvalue weighted by Gasteiger charge is -2.08. The van der Waals surface area contributed by atoms with Crippen LogP contribution in [0.3, 0.4) is 0 Å². The van der Waals surface area contributed by atoms with Crippen molar-refractivity contribution < 1.29 is 17.9 Å². The van der Waals surface area contributed by atoms with Gasteiger partial charge in [0.05, 0.1) is 28.6 Å². The summed E-state index contributed by atoms with van der Waals surface area (Å²) < 4.78 is 28.2. The van der Waals surface area contributed by atoms with Gasteiger partial charge in [-0.05, 0) is 30.3 Å². The fourth-order valence-electron chi connectivity index (χ4n) is 2.46. The molecule has 0 aliphatic heterocycles. The Bertz CT molecular complexity index is 1070. The zero-order valence-electron chi connectivity index (χ0n) is 13.5. The number of methoxy groups -OCH3 is 1. The minimum atomic E-state index is -3.83. The number of H-pyrrole nitrogens is 1. The molecule has 9 heteroatoms. The van der Waals surface area contributed by atoms with Crippen molar-refractivity contribution in [3.05, 3.63) is 42.0 Å². The zero-order valence-corrected chi connectivity index (χ0v) is 14.3. The van der Waals surface area contributed by atoms with Crippen molar-refractivity contribution in [2.45, 2.75) is 4.90 Å². The Morgan fingerprint density at radius 1 is 1.24 bits per heavy atom. The van der Waals surface area contributed by atoms with Crippen LogP contribution in [0.15, 0.2) is 41.3 Å². The van der Waals surface area contributed by atoms with E-state index >= 15 is 0 Å². The molecule has 2 aromatic carbocycles. The van der Waals surface area contributed by atoms with E-state index in [0.717, 1.165) is 5.52 Å². The molecule has 0 fully saturated rings. The molecule has 0 saturated carbocycles. The van der Waals surface area contributed by atoms with Gasteiger partial charge in [0.2, 0.25) is 10.0 Å². The summed E-state index contributed by atoms with van der Waals surface area (Å²) >= 11 is 0. The molecule has 25 heavy (non-hydrogen) atoms. The number of hydrogen-bond donors (Lipinski definition) is 3. The first-order valence-electron chi connectivity index (χ1n) is 7.26. The Hall–Kier alpha value is -2.91. The molecule has 0 saturated heterocycles. The van der Waals surface area contributed by atoms with Crippen molar-refractivity contribution in [3.8, 4) is 17.1 Å². The van der Waals surface area contributed by atoms with E-state index in [1.54, 1.807) is 31.3 Å². The van der Waals surface area contributed by atoms with Crippen molar-refractivity contribution in [1.29, 1.82) is 0 Å². The average Bonchev–Trinajstić information content (AvgIpc) is 3.02. The molecule has 0 radical (unpaired) electrons. The van der Waals surface area contributed by atoms with Gasteiger partial charge in [-0.25, -0.2) is 18.5 Å². The monoisotopic (exact) mass is 360 g/mol.